The van der Waals surface area contributed by atoms with Crippen LogP contribution in [0.1, 0.15) is 23.2 Å². The first kappa shape index (κ1) is 20.8. The van der Waals surface area contributed by atoms with Crippen LogP contribution in [-0.2, 0) is 12.2 Å². The number of aromatic nitrogens is 3. The van der Waals surface area contributed by atoms with Crippen molar-refractivity contribution in [1.29, 1.82) is 0 Å². The van der Waals surface area contributed by atoms with Crippen LogP contribution < -0.4 is 4.74 Å². The van der Waals surface area contributed by atoms with E-state index in [1.165, 1.54) is 16.0 Å². The van der Waals surface area contributed by atoms with E-state index in [1.54, 1.807) is 18.9 Å². The number of imidazole rings is 1. The Hall–Kier alpha value is -2.44. The number of rotatable bonds is 9. The maximum Gasteiger partial charge on any atom is 0.166 e. The van der Waals surface area contributed by atoms with Crippen LogP contribution in [0.2, 0.25) is 0 Å². The summed E-state index contributed by atoms with van der Waals surface area (Å²) < 4.78 is 5.22. The number of nitrogens with one attached hydrogen (secondary N) is 1. The van der Waals surface area contributed by atoms with E-state index in [0.29, 0.717) is 0 Å². The quantitative estimate of drug-likeness (QED) is 0.247. The van der Waals surface area contributed by atoms with E-state index in [1.807, 2.05) is 48.3 Å². The molecule has 1 N–H and O–H groups in total. The highest BCUT2D eigenvalue weighted by atomic mass is 32.2. The second-order valence-electron chi connectivity index (χ2n) is 7.03. The zero-order chi connectivity index (χ0) is 20.8. The number of aromatic amines is 1. The van der Waals surface area contributed by atoms with E-state index in [9.17, 15) is 0 Å². The lowest BCUT2D eigenvalue weighted by Crippen LogP contribution is -1.95. The Morgan fingerprint density at radius 2 is 1.83 bits per heavy atom. The summed E-state index contributed by atoms with van der Waals surface area (Å²) in [5, 5.41) is 0.940. The SMILES string of the molecule is COc1ccc(CCCSc2ccnc(CSc3nc4ccccc4[nH]3)c2C)cc1. The maximum atomic E-state index is 5.22. The molecule has 0 amide bonds. The topological polar surface area (TPSA) is 50.8 Å². The van der Waals surface area contributed by atoms with Crippen molar-refractivity contribution in [2.45, 2.75) is 35.6 Å². The Balaban J connectivity index is 1.30. The van der Waals surface area contributed by atoms with Gasteiger partial charge < -0.3 is 9.72 Å². The van der Waals surface area contributed by atoms with Crippen LogP contribution in [0.3, 0.4) is 0 Å². The number of H-pyrrole nitrogens is 1. The lowest BCUT2D eigenvalue weighted by molar-refractivity contribution is 0.414. The predicted octanol–water partition coefficient (Wildman–Crippen LogP) is 6.29. The Kier molecular flexibility index (Phi) is 6.97. The molecule has 0 atom stereocenters. The van der Waals surface area contributed by atoms with Crippen molar-refractivity contribution in [2.24, 2.45) is 0 Å². The van der Waals surface area contributed by atoms with Gasteiger partial charge in [0.2, 0.25) is 0 Å². The van der Waals surface area contributed by atoms with E-state index < -0.39 is 0 Å². The van der Waals surface area contributed by atoms with Crippen LogP contribution in [0.5, 0.6) is 5.75 Å². The van der Waals surface area contributed by atoms with Crippen molar-refractivity contribution in [3.8, 4) is 5.75 Å². The lowest BCUT2D eigenvalue weighted by Gasteiger charge is -2.10. The molecule has 0 unspecified atom stereocenters. The minimum atomic E-state index is 0.811. The number of hydrogen-bond acceptors (Lipinski definition) is 5. The first-order valence-electron chi connectivity index (χ1n) is 10.0. The number of thioether (sulfide) groups is 2. The summed E-state index contributed by atoms with van der Waals surface area (Å²) in [6, 6.07) is 18.6. The molecule has 0 saturated heterocycles. The van der Waals surface area contributed by atoms with E-state index in [0.717, 1.165) is 52.0 Å². The molecule has 4 nitrogen and oxygen atoms in total. The average molecular weight is 436 g/mol. The standard InChI is InChI=1S/C24H25N3OS2/c1-17-22(16-30-24-26-20-7-3-4-8-21(20)27-24)25-14-13-23(17)29-15-5-6-18-9-11-19(28-2)12-10-18/h3-4,7-14H,5-6,15-16H2,1-2H3,(H,26,27). The minimum Gasteiger partial charge on any atom is -0.497 e. The molecule has 2 aromatic carbocycles. The summed E-state index contributed by atoms with van der Waals surface area (Å²) in [5.41, 5.74) is 5.83. The molecule has 0 aliphatic heterocycles. The van der Waals surface area contributed by atoms with Gasteiger partial charge in [0.15, 0.2) is 5.16 Å². The van der Waals surface area contributed by atoms with E-state index >= 15 is 0 Å². The van der Waals surface area contributed by atoms with E-state index in [-0.39, 0.29) is 0 Å². The van der Waals surface area contributed by atoms with Gasteiger partial charge in [-0.3, -0.25) is 4.98 Å². The molecule has 0 spiro atoms. The first-order valence-corrected chi connectivity index (χ1v) is 12.0. The highest BCUT2D eigenvalue weighted by Crippen LogP contribution is 2.29. The normalized spacial score (nSPS) is 11.1. The van der Waals surface area contributed by atoms with Gasteiger partial charge in [0.25, 0.3) is 0 Å². The van der Waals surface area contributed by atoms with Gasteiger partial charge in [-0.2, -0.15) is 0 Å². The molecule has 0 aliphatic rings. The number of aryl methyl sites for hydroxylation is 1. The molecular weight excluding hydrogens is 410 g/mol. The zero-order valence-corrected chi connectivity index (χ0v) is 18.9. The third kappa shape index (κ3) is 5.18. The summed E-state index contributed by atoms with van der Waals surface area (Å²) in [7, 11) is 1.70. The fourth-order valence-electron chi connectivity index (χ4n) is 3.25. The number of para-hydroxylation sites is 2. The van der Waals surface area contributed by atoms with Gasteiger partial charge >= 0.3 is 0 Å². The molecule has 0 saturated carbocycles. The number of methoxy groups -OCH3 is 1. The summed E-state index contributed by atoms with van der Waals surface area (Å²) in [6.45, 7) is 2.17. The predicted molar refractivity (Wildman–Crippen MR) is 127 cm³/mol. The lowest BCUT2D eigenvalue weighted by atomic mass is 10.1. The van der Waals surface area contributed by atoms with Crippen LogP contribution in [-0.4, -0.2) is 27.8 Å². The number of benzene rings is 2. The second kappa shape index (κ2) is 10.0. The number of ether oxygens (including phenoxy) is 1. The molecular formula is C24H25N3OS2. The van der Waals surface area contributed by atoms with Crippen molar-refractivity contribution < 1.29 is 4.74 Å². The van der Waals surface area contributed by atoms with Gasteiger partial charge in [-0.25, -0.2) is 4.98 Å². The van der Waals surface area contributed by atoms with E-state index in [4.69, 9.17) is 4.74 Å². The van der Waals surface area contributed by atoms with Crippen molar-refractivity contribution >= 4 is 34.6 Å². The average Bonchev–Trinajstić information content (AvgIpc) is 3.20. The summed E-state index contributed by atoms with van der Waals surface area (Å²) in [6.07, 6.45) is 4.14. The highest BCUT2D eigenvalue weighted by molar-refractivity contribution is 7.99. The Morgan fingerprint density at radius 3 is 2.63 bits per heavy atom. The van der Waals surface area contributed by atoms with Crippen molar-refractivity contribution in [2.75, 3.05) is 12.9 Å². The minimum absolute atomic E-state index is 0.811. The van der Waals surface area contributed by atoms with E-state index in [2.05, 4.69) is 46.1 Å². The molecule has 4 aromatic rings. The van der Waals surface area contributed by atoms with Crippen LogP contribution in [0, 0.1) is 6.92 Å². The number of nitrogens with zero attached hydrogens (tertiary/aromatic N) is 2. The summed E-state index contributed by atoms with van der Waals surface area (Å²) in [4.78, 5) is 14.0. The third-order valence-corrected chi connectivity index (χ3v) is 7.13. The summed E-state index contributed by atoms with van der Waals surface area (Å²) in [5.74, 6) is 2.81. The molecule has 30 heavy (non-hydrogen) atoms. The Bertz CT molecular complexity index is 1080. The third-order valence-electron chi connectivity index (χ3n) is 5.00. The first-order chi connectivity index (χ1) is 14.7. The van der Waals surface area contributed by atoms with Gasteiger partial charge in [0.1, 0.15) is 5.75 Å². The van der Waals surface area contributed by atoms with Crippen molar-refractivity contribution in [3.05, 3.63) is 77.6 Å². The van der Waals surface area contributed by atoms with Crippen molar-refractivity contribution in [3.63, 3.8) is 0 Å². The van der Waals surface area contributed by atoms with Gasteiger partial charge in [0, 0.05) is 16.8 Å². The number of hydrogen-bond donors (Lipinski definition) is 1. The molecule has 0 aliphatic carbocycles. The zero-order valence-electron chi connectivity index (χ0n) is 17.2. The number of pyridine rings is 1. The number of fused-ring (bicyclic) bond motifs is 1. The van der Waals surface area contributed by atoms with Gasteiger partial charge in [0.05, 0.1) is 23.8 Å². The van der Waals surface area contributed by atoms with Crippen LogP contribution >= 0.6 is 23.5 Å². The fourth-order valence-corrected chi connectivity index (χ4v) is 5.16. The molecule has 0 fully saturated rings. The molecule has 2 heterocycles. The summed E-state index contributed by atoms with van der Waals surface area (Å²) >= 11 is 3.62. The van der Waals surface area contributed by atoms with Gasteiger partial charge in [-0.05, 0) is 67.0 Å². The van der Waals surface area contributed by atoms with Crippen LogP contribution in [0.4, 0.5) is 0 Å². The second-order valence-corrected chi connectivity index (χ2v) is 9.13. The highest BCUT2D eigenvalue weighted by Gasteiger charge is 2.09. The maximum absolute atomic E-state index is 5.22. The molecule has 154 valence electrons. The molecule has 6 heteroatoms. The smallest absolute Gasteiger partial charge is 0.166 e. The Morgan fingerprint density at radius 1 is 1.00 bits per heavy atom. The monoisotopic (exact) mass is 435 g/mol. The van der Waals surface area contributed by atoms with Crippen molar-refractivity contribution in [1.82, 2.24) is 15.0 Å². The van der Waals surface area contributed by atoms with Crippen LogP contribution in [0.15, 0.2) is 70.8 Å². The largest absolute Gasteiger partial charge is 0.497 e. The Labute approximate surface area is 185 Å². The molecule has 0 bridgehead atoms. The van der Waals surface area contributed by atoms with Gasteiger partial charge in [-0.1, -0.05) is 36.0 Å². The molecule has 0 radical (unpaired) electrons. The fraction of sp³-hybridized carbons (Fsp3) is 0.250. The van der Waals surface area contributed by atoms with Gasteiger partial charge in [-0.15, -0.1) is 11.8 Å². The molecule has 4 rings (SSSR count). The molecule has 2 aromatic heterocycles. The van der Waals surface area contributed by atoms with Crippen LogP contribution in [0.25, 0.3) is 11.0 Å².